The van der Waals surface area contributed by atoms with Gasteiger partial charge < -0.3 is 15.6 Å². The Balaban J connectivity index is 1.79. The van der Waals surface area contributed by atoms with Gasteiger partial charge in [0.2, 0.25) is 0 Å². The van der Waals surface area contributed by atoms with E-state index >= 15 is 0 Å². The molecule has 0 aromatic carbocycles. The Morgan fingerprint density at radius 3 is 2.65 bits per heavy atom. The first-order valence-corrected chi connectivity index (χ1v) is 8.23. The van der Waals surface area contributed by atoms with E-state index in [1.54, 1.807) is 6.20 Å². The highest BCUT2D eigenvalue weighted by molar-refractivity contribution is 5.96. The van der Waals surface area contributed by atoms with Gasteiger partial charge in [-0.1, -0.05) is 6.07 Å². The molecule has 2 aromatic rings. The van der Waals surface area contributed by atoms with Crippen LogP contribution in [0, 0.1) is 13.8 Å². The summed E-state index contributed by atoms with van der Waals surface area (Å²) >= 11 is 0. The van der Waals surface area contributed by atoms with Crippen LogP contribution in [0.1, 0.15) is 47.4 Å². The van der Waals surface area contributed by atoms with Gasteiger partial charge in [0.1, 0.15) is 5.82 Å². The molecular formula is C18H24N4O. The molecule has 0 radical (unpaired) electrons. The van der Waals surface area contributed by atoms with Crippen molar-refractivity contribution in [3.05, 3.63) is 47.4 Å². The van der Waals surface area contributed by atoms with E-state index in [4.69, 9.17) is 5.73 Å². The summed E-state index contributed by atoms with van der Waals surface area (Å²) in [7, 11) is 0. The van der Waals surface area contributed by atoms with Crippen LogP contribution in [0.15, 0.2) is 30.5 Å². The molecule has 1 fully saturated rings. The van der Waals surface area contributed by atoms with E-state index in [0.717, 1.165) is 48.5 Å². The lowest BCUT2D eigenvalue weighted by molar-refractivity contribution is 0.0925. The first-order chi connectivity index (χ1) is 11.1. The smallest absolute Gasteiger partial charge is 0.253 e. The second kappa shape index (κ2) is 6.54. The molecule has 1 amide bonds. The summed E-state index contributed by atoms with van der Waals surface area (Å²) in [6.45, 7) is 3.96. The van der Waals surface area contributed by atoms with Crippen LogP contribution < -0.4 is 11.1 Å². The van der Waals surface area contributed by atoms with Crippen LogP contribution in [0.5, 0.6) is 0 Å². The molecule has 3 N–H and O–H groups in total. The quantitative estimate of drug-likeness (QED) is 0.914. The summed E-state index contributed by atoms with van der Waals surface area (Å²) in [4.78, 5) is 17.0. The summed E-state index contributed by atoms with van der Waals surface area (Å²) in [5.41, 5.74) is 8.59. The zero-order chi connectivity index (χ0) is 16.4. The topological polar surface area (TPSA) is 72.9 Å². The number of carbonyl (C=O) groups is 1. The predicted molar refractivity (Wildman–Crippen MR) is 90.7 cm³/mol. The number of nitrogens with one attached hydrogen (secondary N) is 1. The van der Waals surface area contributed by atoms with Crippen molar-refractivity contribution in [3.8, 4) is 5.82 Å². The van der Waals surface area contributed by atoms with E-state index in [9.17, 15) is 4.79 Å². The molecule has 3 rings (SSSR count). The van der Waals surface area contributed by atoms with E-state index in [1.807, 2.05) is 42.7 Å². The molecule has 0 atom stereocenters. The number of aromatic nitrogens is 2. The van der Waals surface area contributed by atoms with Gasteiger partial charge in [-0.2, -0.15) is 0 Å². The zero-order valence-electron chi connectivity index (χ0n) is 13.7. The van der Waals surface area contributed by atoms with Gasteiger partial charge in [-0.3, -0.25) is 4.79 Å². The standard InChI is InChI=1S/C18H24N4O/c1-12-11-16(13(2)22(12)17-5-3-4-10-20-17)18(23)21-15-8-6-14(19)7-9-15/h3-5,10-11,14-15H,6-9,19H2,1-2H3,(H,21,23). The summed E-state index contributed by atoms with van der Waals surface area (Å²) in [6.07, 6.45) is 5.66. The van der Waals surface area contributed by atoms with Crippen molar-refractivity contribution in [2.45, 2.75) is 51.6 Å². The van der Waals surface area contributed by atoms with Gasteiger partial charge in [0, 0.05) is 29.7 Å². The van der Waals surface area contributed by atoms with Crippen LogP contribution in [0.2, 0.25) is 0 Å². The van der Waals surface area contributed by atoms with Crippen LogP contribution in [0.4, 0.5) is 0 Å². The minimum Gasteiger partial charge on any atom is -0.349 e. The number of amides is 1. The first kappa shape index (κ1) is 15.7. The van der Waals surface area contributed by atoms with Crippen LogP contribution in [0.25, 0.3) is 5.82 Å². The molecule has 2 aromatic heterocycles. The van der Waals surface area contributed by atoms with Crippen LogP contribution in [0.3, 0.4) is 0 Å². The van der Waals surface area contributed by atoms with Crippen LogP contribution in [-0.2, 0) is 0 Å². The number of carbonyl (C=O) groups excluding carboxylic acids is 1. The lowest BCUT2D eigenvalue weighted by atomic mass is 9.91. The number of rotatable bonds is 3. The Morgan fingerprint density at radius 1 is 1.26 bits per heavy atom. The maximum atomic E-state index is 12.6. The number of hydrogen-bond acceptors (Lipinski definition) is 3. The average molecular weight is 312 g/mol. The third-order valence-electron chi connectivity index (χ3n) is 4.66. The van der Waals surface area contributed by atoms with Crippen molar-refractivity contribution in [3.63, 3.8) is 0 Å². The molecule has 1 aliphatic carbocycles. The van der Waals surface area contributed by atoms with Gasteiger partial charge in [0.05, 0.1) is 5.56 Å². The van der Waals surface area contributed by atoms with E-state index in [0.29, 0.717) is 0 Å². The monoisotopic (exact) mass is 312 g/mol. The SMILES string of the molecule is Cc1cc(C(=O)NC2CCC(N)CC2)c(C)n1-c1ccccn1. The summed E-state index contributed by atoms with van der Waals surface area (Å²) < 4.78 is 2.02. The molecule has 0 unspecified atom stereocenters. The number of nitrogens with zero attached hydrogens (tertiary/aromatic N) is 2. The van der Waals surface area contributed by atoms with Gasteiger partial charge in [-0.15, -0.1) is 0 Å². The fraction of sp³-hybridized carbons (Fsp3) is 0.444. The van der Waals surface area contributed by atoms with Crippen molar-refractivity contribution in [1.82, 2.24) is 14.9 Å². The molecule has 5 heteroatoms. The van der Waals surface area contributed by atoms with Crippen molar-refractivity contribution in [2.75, 3.05) is 0 Å². The number of pyridine rings is 1. The fourth-order valence-corrected chi connectivity index (χ4v) is 3.36. The van der Waals surface area contributed by atoms with Gasteiger partial charge in [0.25, 0.3) is 5.91 Å². The highest BCUT2D eigenvalue weighted by atomic mass is 16.1. The molecular weight excluding hydrogens is 288 g/mol. The number of hydrogen-bond donors (Lipinski definition) is 2. The number of nitrogens with two attached hydrogens (primary N) is 1. The lowest BCUT2D eigenvalue weighted by Crippen LogP contribution is -2.40. The number of aryl methyl sites for hydroxylation is 1. The first-order valence-electron chi connectivity index (χ1n) is 8.23. The highest BCUT2D eigenvalue weighted by Gasteiger charge is 2.23. The average Bonchev–Trinajstić information content (AvgIpc) is 2.85. The molecule has 122 valence electrons. The van der Waals surface area contributed by atoms with E-state index in [2.05, 4.69) is 10.3 Å². The van der Waals surface area contributed by atoms with E-state index in [1.165, 1.54) is 0 Å². The molecule has 2 heterocycles. The van der Waals surface area contributed by atoms with E-state index in [-0.39, 0.29) is 18.0 Å². The van der Waals surface area contributed by atoms with Crippen LogP contribution in [-0.4, -0.2) is 27.5 Å². The molecule has 0 saturated heterocycles. The Labute approximate surface area is 136 Å². The van der Waals surface area contributed by atoms with Crippen molar-refractivity contribution >= 4 is 5.91 Å². The maximum Gasteiger partial charge on any atom is 0.253 e. The fourth-order valence-electron chi connectivity index (χ4n) is 3.36. The second-order valence-corrected chi connectivity index (χ2v) is 6.39. The maximum absolute atomic E-state index is 12.6. The van der Waals surface area contributed by atoms with Gasteiger partial charge in [-0.25, -0.2) is 4.98 Å². The van der Waals surface area contributed by atoms with Gasteiger partial charge in [-0.05, 0) is 57.7 Å². The lowest BCUT2D eigenvalue weighted by Gasteiger charge is -2.26. The van der Waals surface area contributed by atoms with Crippen molar-refractivity contribution in [2.24, 2.45) is 5.73 Å². The van der Waals surface area contributed by atoms with E-state index < -0.39 is 0 Å². The highest BCUT2D eigenvalue weighted by Crippen LogP contribution is 2.21. The Hall–Kier alpha value is -2.14. The second-order valence-electron chi connectivity index (χ2n) is 6.39. The largest absolute Gasteiger partial charge is 0.349 e. The normalized spacial score (nSPS) is 21.2. The van der Waals surface area contributed by atoms with Gasteiger partial charge in [0.15, 0.2) is 0 Å². The Kier molecular flexibility index (Phi) is 4.48. The molecule has 5 nitrogen and oxygen atoms in total. The molecule has 23 heavy (non-hydrogen) atoms. The van der Waals surface area contributed by atoms with Crippen LogP contribution >= 0.6 is 0 Å². The van der Waals surface area contributed by atoms with Crippen molar-refractivity contribution < 1.29 is 4.79 Å². The molecule has 1 saturated carbocycles. The summed E-state index contributed by atoms with van der Waals surface area (Å²) in [5, 5.41) is 3.16. The minimum atomic E-state index is 0.000697. The summed E-state index contributed by atoms with van der Waals surface area (Å²) in [6, 6.07) is 8.25. The van der Waals surface area contributed by atoms with Gasteiger partial charge >= 0.3 is 0 Å². The molecule has 1 aliphatic rings. The van der Waals surface area contributed by atoms with Crippen molar-refractivity contribution in [1.29, 1.82) is 0 Å². The zero-order valence-corrected chi connectivity index (χ0v) is 13.7. The Morgan fingerprint density at radius 2 is 2.00 bits per heavy atom. The Bertz CT molecular complexity index is 685. The summed E-state index contributed by atoms with van der Waals surface area (Å²) in [5.74, 6) is 0.839. The molecule has 0 bridgehead atoms. The third-order valence-corrected chi connectivity index (χ3v) is 4.66. The predicted octanol–water partition coefficient (Wildman–Crippen LogP) is 2.49. The minimum absolute atomic E-state index is 0.000697. The third kappa shape index (κ3) is 3.29. The molecule has 0 spiro atoms. The molecule has 0 aliphatic heterocycles.